The van der Waals surface area contributed by atoms with E-state index in [1.165, 1.54) is 19.3 Å². The topological polar surface area (TPSA) is 38.7 Å². The fourth-order valence-corrected chi connectivity index (χ4v) is 2.30. The zero-order valence-electron chi connectivity index (χ0n) is 14.5. The third kappa shape index (κ3) is 5.99. The first-order valence-corrected chi connectivity index (χ1v) is 8.57. The summed E-state index contributed by atoms with van der Waals surface area (Å²) in [6.45, 7) is 4.54. The number of nitrogens with zero attached hydrogens (tertiary/aromatic N) is 1. The second kappa shape index (κ2) is 9.66. The minimum Gasteiger partial charge on any atom is -0.494 e. The van der Waals surface area contributed by atoms with E-state index in [-0.39, 0.29) is 5.78 Å². The second-order valence-corrected chi connectivity index (χ2v) is 5.84. The molecule has 2 rings (SSSR count). The smallest absolute Gasteiger partial charge is 0.159 e. The number of aliphatic imine (C=N–C) groups is 1. The van der Waals surface area contributed by atoms with Gasteiger partial charge in [0.1, 0.15) is 5.75 Å². The highest BCUT2D eigenvalue weighted by Gasteiger charge is 1.98. The molecule has 24 heavy (non-hydrogen) atoms. The fourth-order valence-electron chi connectivity index (χ4n) is 2.30. The summed E-state index contributed by atoms with van der Waals surface area (Å²) in [5.74, 6) is 0.963. The van der Waals surface area contributed by atoms with E-state index in [0.717, 1.165) is 30.0 Å². The molecular formula is C21H25NO2. The number of unbranched alkanes of at least 4 members (excludes halogenated alkanes) is 3. The van der Waals surface area contributed by atoms with Crippen molar-refractivity contribution in [1.29, 1.82) is 0 Å². The van der Waals surface area contributed by atoms with Gasteiger partial charge in [0, 0.05) is 11.8 Å². The molecule has 3 nitrogen and oxygen atoms in total. The molecule has 0 radical (unpaired) electrons. The number of ether oxygens (including phenoxy) is 1. The molecule has 0 aliphatic rings. The van der Waals surface area contributed by atoms with E-state index in [9.17, 15) is 4.79 Å². The van der Waals surface area contributed by atoms with Crippen LogP contribution in [0.4, 0.5) is 5.69 Å². The largest absolute Gasteiger partial charge is 0.494 e. The zero-order chi connectivity index (χ0) is 17.2. The normalized spacial score (nSPS) is 10.9. The Hall–Kier alpha value is -2.42. The molecular weight excluding hydrogens is 298 g/mol. The van der Waals surface area contributed by atoms with Gasteiger partial charge in [-0.1, -0.05) is 26.2 Å². The van der Waals surface area contributed by atoms with Crippen LogP contribution in [-0.2, 0) is 0 Å². The van der Waals surface area contributed by atoms with Crippen LogP contribution in [0.1, 0.15) is 55.5 Å². The van der Waals surface area contributed by atoms with Gasteiger partial charge in [0.15, 0.2) is 5.78 Å². The molecule has 0 bridgehead atoms. The summed E-state index contributed by atoms with van der Waals surface area (Å²) >= 11 is 0. The van der Waals surface area contributed by atoms with E-state index < -0.39 is 0 Å². The number of ketones is 1. The Bertz CT molecular complexity index is 657. The molecule has 0 aliphatic heterocycles. The SMILES string of the molecule is CCCCCCOc1ccc(C=Nc2ccc(C(C)=O)cc2)cc1. The summed E-state index contributed by atoms with van der Waals surface area (Å²) in [4.78, 5) is 15.7. The minimum atomic E-state index is 0.0656. The summed E-state index contributed by atoms with van der Waals surface area (Å²) in [5.41, 5.74) is 2.55. The lowest BCUT2D eigenvalue weighted by atomic mass is 10.1. The third-order valence-corrected chi connectivity index (χ3v) is 3.78. The highest BCUT2D eigenvalue weighted by molar-refractivity contribution is 5.94. The van der Waals surface area contributed by atoms with Gasteiger partial charge in [-0.15, -0.1) is 0 Å². The van der Waals surface area contributed by atoms with E-state index in [2.05, 4.69) is 11.9 Å². The van der Waals surface area contributed by atoms with Crippen molar-refractivity contribution in [3.05, 3.63) is 59.7 Å². The maximum Gasteiger partial charge on any atom is 0.159 e. The Morgan fingerprint density at radius 3 is 2.33 bits per heavy atom. The molecule has 0 heterocycles. The molecule has 3 heteroatoms. The predicted octanol–water partition coefficient (Wildman–Crippen LogP) is 5.60. The summed E-state index contributed by atoms with van der Waals surface area (Å²) in [5, 5.41) is 0. The molecule has 2 aromatic rings. The van der Waals surface area contributed by atoms with Crippen LogP contribution in [0.15, 0.2) is 53.5 Å². The fraction of sp³-hybridized carbons (Fsp3) is 0.333. The van der Waals surface area contributed by atoms with Crippen LogP contribution >= 0.6 is 0 Å². The Morgan fingerprint density at radius 2 is 1.71 bits per heavy atom. The molecule has 0 aromatic heterocycles. The quantitative estimate of drug-likeness (QED) is 0.342. The van der Waals surface area contributed by atoms with E-state index in [4.69, 9.17) is 4.74 Å². The Kier molecular flexibility index (Phi) is 7.21. The lowest BCUT2D eigenvalue weighted by Crippen LogP contribution is -1.97. The van der Waals surface area contributed by atoms with E-state index in [0.29, 0.717) is 5.56 Å². The monoisotopic (exact) mass is 323 g/mol. The maximum absolute atomic E-state index is 11.2. The first-order valence-electron chi connectivity index (χ1n) is 8.57. The van der Waals surface area contributed by atoms with Crippen LogP contribution in [0.2, 0.25) is 0 Å². The second-order valence-electron chi connectivity index (χ2n) is 5.84. The van der Waals surface area contributed by atoms with Gasteiger partial charge < -0.3 is 4.74 Å². The van der Waals surface area contributed by atoms with E-state index in [1.54, 1.807) is 19.1 Å². The Labute approximate surface area is 144 Å². The predicted molar refractivity (Wildman–Crippen MR) is 99.8 cm³/mol. The summed E-state index contributed by atoms with van der Waals surface area (Å²) < 4.78 is 5.73. The molecule has 0 N–H and O–H groups in total. The summed E-state index contributed by atoms with van der Waals surface area (Å²) in [7, 11) is 0. The molecule has 0 saturated heterocycles. The number of hydrogen-bond acceptors (Lipinski definition) is 3. The van der Waals surface area contributed by atoms with Crippen LogP contribution in [-0.4, -0.2) is 18.6 Å². The summed E-state index contributed by atoms with van der Waals surface area (Å²) in [6, 6.07) is 15.2. The van der Waals surface area contributed by atoms with Gasteiger partial charge in [-0.25, -0.2) is 0 Å². The molecule has 2 aromatic carbocycles. The van der Waals surface area contributed by atoms with Gasteiger partial charge in [0.05, 0.1) is 12.3 Å². The lowest BCUT2D eigenvalue weighted by Gasteiger charge is -2.05. The molecule has 0 aliphatic carbocycles. The standard InChI is InChI=1S/C21H25NO2/c1-3-4-5-6-15-24-21-13-7-18(8-14-21)16-22-20-11-9-19(10-12-20)17(2)23/h7-14,16H,3-6,15H2,1-2H3. The molecule has 0 amide bonds. The number of hydrogen-bond donors (Lipinski definition) is 0. The third-order valence-electron chi connectivity index (χ3n) is 3.78. The van der Waals surface area contributed by atoms with Crippen LogP contribution in [0.25, 0.3) is 0 Å². The van der Waals surface area contributed by atoms with Crippen molar-refractivity contribution in [2.75, 3.05) is 6.61 Å². The number of rotatable bonds is 9. The molecule has 0 fully saturated rings. The lowest BCUT2D eigenvalue weighted by molar-refractivity contribution is 0.101. The molecule has 126 valence electrons. The number of Topliss-reactive ketones (excluding diaryl/α,β-unsaturated/α-hetero) is 1. The van der Waals surface area contributed by atoms with E-state index in [1.807, 2.05) is 42.6 Å². The van der Waals surface area contributed by atoms with Gasteiger partial charge in [-0.2, -0.15) is 0 Å². The number of carbonyl (C=O) groups excluding carboxylic acids is 1. The van der Waals surface area contributed by atoms with Gasteiger partial charge in [0.2, 0.25) is 0 Å². The number of benzene rings is 2. The summed E-state index contributed by atoms with van der Waals surface area (Å²) in [6.07, 6.45) is 6.66. The highest BCUT2D eigenvalue weighted by atomic mass is 16.5. The van der Waals surface area contributed by atoms with Crippen molar-refractivity contribution >= 4 is 17.7 Å². The molecule has 0 spiro atoms. The van der Waals surface area contributed by atoms with Gasteiger partial charge in [-0.05, 0) is 67.4 Å². The van der Waals surface area contributed by atoms with Gasteiger partial charge >= 0.3 is 0 Å². The van der Waals surface area contributed by atoms with Crippen molar-refractivity contribution in [3.63, 3.8) is 0 Å². The molecule has 0 atom stereocenters. The van der Waals surface area contributed by atoms with Crippen LogP contribution in [0.3, 0.4) is 0 Å². The van der Waals surface area contributed by atoms with Crippen molar-refractivity contribution in [1.82, 2.24) is 0 Å². The zero-order valence-corrected chi connectivity index (χ0v) is 14.5. The first kappa shape index (κ1) is 17.9. The Morgan fingerprint density at radius 1 is 1.00 bits per heavy atom. The van der Waals surface area contributed by atoms with Crippen LogP contribution in [0.5, 0.6) is 5.75 Å². The van der Waals surface area contributed by atoms with Crippen molar-refractivity contribution in [3.8, 4) is 5.75 Å². The van der Waals surface area contributed by atoms with Crippen molar-refractivity contribution < 1.29 is 9.53 Å². The van der Waals surface area contributed by atoms with Crippen LogP contribution in [0, 0.1) is 0 Å². The molecule has 0 saturated carbocycles. The highest BCUT2D eigenvalue weighted by Crippen LogP contribution is 2.15. The van der Waals surface area contributed by atoms with Gasteiger partial charge in [0.25, 0.3) is 0 Å². The average Bonchev–Trinajstić information content (AvgIpc) is 2.61. The van der Waals surface area contributed by atoms with Crippen molar-refractivity contribution in [2.24, 2.45) is 4.99 Å². The average molecular weight is 323 g/mol. The number of carbonyl (C=O) groups is 1. The van der Waals surface area contributed by atoms with Gasteiger partial charge in [-0.3, -0.25) is 9.79 Å². The maximum atomic E-state index is 11.2. The first-order chi connectivity index (χ1) is 11.7. The van der Waals surface area contributed by atoms with Crippen LogP contribution < -0.4 is 4.74 Å². The molecule has 0 unspecified atom stereocenters. The minimum absolute atomic E-state index is 0.0656. The van der Waals surface area contributed by atoms with Crippen molar-refractivity contribution in [2.45, 2.75) is 39.5 Å². The Balaban J connectivity index is 1.85. The van der Waals surface area contributed by atoms with E-state index >= 15 is 0 Å².